The summed E-state index contributed by atoms with van der Waals surface area (Å²) in [6.45, 7) is 5.18. The maximum atomic E-state index is 5.36. The number of methoxy groups -OCH3 is 1. The van der Waals surface area contributed by atoms with Gasteiger partial charge in [-0.3, -0.25) is 0 Å². The Morgan fingerprint density at radius 3 is 2.59 bits per heavy atom. The minimum atomic E-state index is 0.885. The summed E-state index contributed by atoms with van der Waals surface area (Å²) in [5.74, 6) is 0.929. The van der Waals surface area contributed by atoms with Gasteiger partial charge in [0.15, 0.2) is 0 Å². The summed E-state index contributed by atoms with van der Waals surface area (Å²) in [6.07, 6.45) is 0. The van der Waals surface area contributed by atoms with E-state index in [4.69, 9.17) is 4.74 Å². The van der Waals surface area contributed by atoms with Crippen molar-refractivity contribution in [3.05, 3.63) is 29.0 Å². The highest BCUT2D eigenvalue weighted by Gasteiger charge is 2.14. The van der Waals surface area contributed by atoms with Crippen LogP contribution in [0.5, 0.6) is 5.75 Å². The second-order valence-corrected chi connectivity index (χ2v) is 4.49. The Kier molecular flexibility index (Phi) is 3.11. The molecule has 0 spiro atoms. The summed E-state index contributed by atoms with van der Waals surface area (Å²) in [7, 11) is 5.82. The van der Waals surface area contributed by atoms with E-state index in [0.29, 0.717) is 0 Å². The standard InChI is InChI=1S/C14H20N2O/c1-9-6-11(17-5)7-12-13(8-15-3)10(2)16(4)14(9)12/h6-7,15H,8H2,1-5H3. The Morgan fingerprint density at radius 1 is 1.29 bits per heavy atom. The smallest absolute Gasteiger partial charge is 0.119 e. The van der Waals surface area contributed by atoms with Crippen LogP contribution in [0, 0.1) is 13.8 Å². The van der Waals surface area contributed by atoms with Crippen LogP contribution in [0.4, 0.5) is 0 Å². The fourth-order valence-corrected chi connectivity index (χ4v) is 2.50. The molecule has 1 aromatic carbocycles. The fourth-order valence-electron chi connectivity index (χ4n) is 2.50. The highest BCUT2D eigenvalue weighted by molar-refractivity contribution is 5.89. The molecule has 3 nitrogen and oxygen atoms in total. The lowest BCUT2D eigenvalue weighted by atomic mass is 10.1. The monoisotopic (exact) mass is 232 g/mol. The molecule has 0 aliphatic rings. The van der Waals surface area contributed by atoms with E-state index >= 15 is 0 Å². The molecule has 17 heavy (non-hydrogen) atoms. The summed E-state index contributed by atoms with van der Waals surface area (Å²) >= 11 is 0. The largest absolute Gasteiger partial charge is 0.497 e. The van der Waals surface area contributed by atoms with E-state index in [2.05, 4.69) is 42.9 Å². The van der Waals surface area contributed by atoms with Gasteiger partial charge in [-0.15, -0.1) is 0 Å². The van der Waals surface area contributed by atoms with Crippen LogP contribution in [-0.2, 0) is 13.6 Å². The van der Waals surface area contributed by atoms with Crippen molar-refractivity contribution in [3.63, 3.8) is 0 Å². The average molecular weight is 232 g/mol. The molecule has 0 bridgehead atoms. The zero-order chi connectivity index (χ0) is 12.6. The normalized spacial score (nSPS) is 11.1. The molecule has 0 atom stereocenters. The van der Waals surface area contributed by atoms with Crippen molar-refractivity contribution < 1.29 is 4.74 Å². The molecule has 0 saturated carbocycles. The number of aryl methyl sites for hydroxylation is 2. The number of benzene rings is 1. The molecule has 0 unspecified atom stereocenters. The van der Waals surface area contributed by atoms with E-state index in [0.717, 1.165) is 12.3 Å². The zero-order valence-corrected chi connectivity index (χ0v) is 11.2. The van der Waals surface area contributed by atoms with E-state index in [9.17, 15) is 0 Å². The number of ether oxygens (including phenoxy) is 1. The lowest BCUT2D eigenvalue weighted by Gasteiger charge is -2.05. The van der Waals surface area contributed by atoms with Crippen molar-refractivity contribution in [2.24, 2.45) is 7.05 Å². The van der Waals surface area contributed by atoms with Crippen LogP contribution >= 0.6 is 0 Å². The molecule has 3 heteroatoms. The third-order valence-electron chi connectivity index (χ3n) is 3.46. The minimum Gasteiger partial charge on any atom is -0.497 e. The molecule has 92 valence electrons. The first-order chi connectivity index (χ1) is 8.10. The lowest BCUT2D eigenvalue weighted by Crippen LogP contribution is -2.06. The van der Waals surface area contributed by atoms with Gasteiger partial charge in [-0.2, -0.15) is 0 Å². The molecule has 0 amide bonds. The molecule has 2 aromatic rings. The fraction of sp³-hybridized carbons (Fsp3) is 0.429. The van der Waals surface area contributed by atoms with Crippen molar-refractivity contribution in [3.8, 4) is 5.75 Å². The Bertz CT molecular complexity index is 555. The van der Waals surface area contributed by atoms with Gasteiger partial charge in [0.2, 0.25) is 0 Å². The number of aromatic nitrogens is 1. The molecule has 1 N–H and O–H groups in total. The third kappa shape index (κ3) is 1.80. The molecule has 0 aliphatic carbocycles. The molecular weight excluding hydrogens is 212 g/mol. The summed E-state index contributed by atoms with van der Waals surface area (Å²) in [4.78, 5) is 0. The second kappa shape index (κ2) is 4.41. The minimum absolute atomic E-state index is 0.885. The van der Waals surface area contributed by atoms with Gasteiger partial charge >= 0.3 is 0 Å². The first kappa shape index (κ1) is 12.0. The van der Waals surface area contributed by atoms with E-state index in [1.165, 1.54) is 27.7 Å². The topological polar surface area (TPSA) is 26.2 Å². The Balaban J connectivity index is 2.80. The van der Waals surface area contributed by atoms with Crippen molar-refractivity contribution in [2.75, 3.05) is 14.2 Å². The van der Waals surface area contributed by atoms with Gasteiger partial charge in [0.25, 0.3) is 0 Å². The molecule has 0 fully saturated rings. The van der Waals surface area contributed by atoms with Crippen molar-refractivity contribution in [1.29, 1.82) is 0 Å². The van der Waals surface area contributed by atoms with Crippen LogP contribution in [0.2, 0.25) is 0 Å². The molecule has 1 heterocycles. The number of hydrogen-bond donors (Lipinski definition) is 1. The first-order valence-corrected chi connectivity index (χ1v) is 5.87. The molecule has 2 rings (SSSR count). The average Bonchev–Trinajstić information content (AvgIpc) is 2.55. The van der Waals surface area contributed by atoms with Crippen LogP contribution in [0.25, 0.3) is 10.9 Å². The molecular formula is C14H20N2O. The van der Waals surface area contributed by atoms with Crippen molar-refractivity contribution in [2.45, 2.75) is 20.4 Å². The van der Waals surface area contributed by atoms with Gasteiger partial charge in [0.1, 0.15) is 5.75 Å². The van der Waals surface area contributed by atoms with E-state index in [-0.39, 0.29) is 0 Å². The van der Waals surface area contributed by atoms with E-state index in [1.54, 1.807) is 7.11 Å². The second-order valence-electron chi connectivity index (χ2n) is 4.49. The van der Waals surface area contributed by atoms with Gasteiger partial charge in [-0.05, 0) is 44.2 Å². The maximum Gasteiger partial charge on any atom is 0.119 e. The highest BCUT2D eigenvalue weighted by atomic mass is 16.5. The van der Waals surface area contributed by atoms with E-state index < -0.39 is 0 Å². The van der Waals surface area contributed by atoms with Gasteiger partial charge in [-0.25, -0.2) is 0 Å². The quantitative estimate of drug-likeness (QED) is 0.880. The van der Waals surface area contributed by atoms with Crippen LogP contribution in [0.3, 0.4) is 0 Å². The van der Waals surface area contributed by atoms with Crippen molar-refractivity contribution in [1.82, 2.24) is 9.88 Å². The zero-order valence-electron chi connectivity index (χ0n) is 11.2. The van der Waals surface area contributed by atoms with Crippen LogP contribution < -0.4 is 10.1 Å². The number of nitrogens with zero attached hydrogens (tertiary/aromatic N) is 1. The van der Waals surface area contributed by atoms with Gasteiger partial charge in [-0.1, -0.05) is 0 Å². The number of fused-ring (bicyclic) bond motifs is 1. The Hall–Kier alpha value is -1.48. The van der Waals surface area contributed by atoms with Crippen LogP contribution in [0.15, 0.2) is 12.1 Å². The number of rotatable bonds is 3. The summed E-state index contributed by atoms with van der Waals surface area (Å²) in [6, 6.07) is 4.22. The highest BCUT2D eigenvalue weighted by Crippen LogP contribution is 2.31. The van der Waals surface area contributed by atoms with Gasteiger partial charge in [0, 0.05) is 24.7 Å². The molecule has 0 aliphatic heterocycles. The Morgan fingerprint density at radius 2 is 2.00 bits per heavy atom. The summed E-state index contributed by atoms with van der Waals surface area (Å²) in [5.41, 5.74) is 5.22. The number of nitrogens with one attached hydrogen (secondary N) is 1. The van der Waals surface area contributed by atoms with Gasteiger partial charge < -0.3 is 14.6 Å². The lowest BCUT2D eigenvalue weighted by molar-refractivity contribution is 0.415. The van der Waals surface area contributed by atoms with Gasteiger partial charge in [0.05, 0.1) is 12.6 Å². The summed E-state index contributed by atoms with van der Waals surface area (Å²) in [5, 5.41) is 4.52. The predicted octanol–water partition coefficient (Wildman–Crippen LogP) is 2.52. The first-order valence-electron chi connectivity index (χ1n) is 5.87. The van der Waals surface area contributed by atoms with Crippen molar-refractivity contribution >= 4 is 10.9 Å². The van der Waals surface area contributed by atoms with Crippen LogP contribution in [-0.4, -0.2) is 18.7 Å². The molecule has 0 saturated heterocycles. The van der Waals surface area contributed by atoms with Crippen LogP contribution in [0.1, 0.15) is 16.8 Å². The molecule has 0 radical (unpaired) electrons. The third-order valence-corrected chi connectivity index (χ3v) is 3.46. The Labute approximate surface area is 102 Å². The molecule has 1 aromatic heterocycles. The SMILES string of the molecule is CNCc1c(C)n(C)c2c(C)cc(OC)cc12. The predicted molar refractivity (Wildman–Crippen MR) is 71.7 cm³/mol. The van der Waals surface area contributed by atoms with E-state index in [1.807, 2.05) is 7.05 Å². The number of hydrogen-bond acceptors (Lipinski definition) is 2. The summed E-state index contributed by atoms with van der Waals surface area (Å²) < 4.78 is 7.62. The maximum absolute atomic E-state index is 5.36.